The molecule has 0 aromatic heterocycles. The van der Waals surface area contributed by atoms with E-state index in [0.717, 1.165) is 25.7 Å². The van der Waals surface area contributed by atoms with Crippen molar-refractivity contribution in [2.75, 3.05) is 0 Å². The number of rotatable bonds is 11. The average Bonchev–Trinajstić information content (AvgIpc) is 2.40. The number of unbranched alkanes of at least 4 members (excludes halogenated alkanes) is 3. The number of aliphatic carboxylic acids is 1. The SMILES string of the molecule is CCCCC(CC)C(=O)O.CCC[CH2][Sn][CH2]CCC.[KH]. The van der Waals surface area contributed by atoms with Crippen LogP contribution in [0.15, 0.2) is 0 Å². The van der Waals surface area contributed by atoms with Gasteiger partial charge in [-0.3, -0.25) is 4.79 Å². The second kappa shape index (κ2) is 23.2. The van der Waals surface area contributed by atoms with Gasteiger partial charge in [0.2, 0.25) is 0 Å². The molecule has 0 saturated carbocycles. The quantitative estimate of drug-likeness (QED) is 0.389. The molecule has 0 aromatic carbocycles. The van der Waals surface area contributed by atoms with E-state index in [-0.39, 0.29) is 78.4 Å². The first-order chi connectivity index (χ1) is 9.13. The van der Waals surface area contributed by atoms with Crippen molar-refractivity contribution in [2.24, 2.45) is 5.92 Å². The van der Waals surface area contributed by atoms with Crippen LogP contribution in [0.2, 0.25) is 8.87 Å². The molecule has 1 N–H and O–H groups in total. The molecule has 2 nitrogen and oxygen atoms in total. The summed E-state index contributed by atoms with van der Waals surface area (Å²) in [6.07, 6.45) is 9.55. The van der Waals surface area contributed by atoms with E-state index >= 15 is 0 Å². The van der Waals surface area contributed by atoms with Crippen LogP contribution in [-0.2, 0) is 4.79 Å². The Morgan fingerprint density at radius 3 is 1.70 bits per heavy atom. The van der Waals surface area contributed by atoms with Crippen LogP contribution in [0.5, 0.6) is 0 Å². The minimum absolute atomic E-state index is 0. The summed E-state index contributed by atoms with van der Waals surface area (Å²) in [6.45, 7) is 8.58. The third-order valence-electron chi connectivity index (χ3n) is 3.16. The van der Waals surface area contributed by atoms with Crippen molar-refractivity contribution < 1.29 is 9.90 Å². The van der Waals surface area contributed by atoms with Crippen molar-refractivity contribution in [3.05, 3.63) is 0 Å². The number of carboxylic acids is 1. The fraction of sp³-hybridized carbons (Fsp3) is 0.938. The van der Waals surface area contributed by atoms with E-state index in [9.17, 15) is 4.79 Å². The van der Waals surface area contributed by atoms with Gasteiger partial charge >= 0.3 is 127 Å². The first-order valence-electron chi connectivity index (χ1n) is 8.07. The van der Waals surface area contributed by atoms with E-state index < -0.39 is 5.97 Å². The van der Waals surface area contributed by atoms with E-state index in [2.05, 4.69) is 20.8 Å². The van der Waals surface area contributed by atoms with Crippen LogP contribution >= 0.6 is 0 Å². The molecule has 1 unspecified atom stereocenters. The maximum absolute atomic E-state index is 10.4. The van der Waals surface area contributed by atoms with Crippen LogP contribution in [0.4, 0.5) is 0 Å². The fourth-order valence-corrected chi connectivity index (χ4v) is 5.84. The van der Waals surface area contributed by atoms with Gasteiger partial charge in [-0.1, -0.05) is 26.7 Å². The van der Waals surface area contributed by atoms with Crippen molar-refractivity contribution in [2.45, 2.75) is 87.9 Å². The molecule has 2 radical (unpaired) electrons. The Kier molecular flexibility index (Phi) is 31.0. The Morgan fingerprint density at radius 2 is 1.40 bits per heavy atom. The summed E-state index contributed by atoms with van der Waals surface area (Å²) < 4.78 is 3.25. The molecule has 0 rings (SSSR count). The molecule has 0 heterocycles. The summed E-state index contributed by atoms with van der Waals surface area (Å²) in [7, 11) is 0. The first-order valence-corrected chi connectivity index (χ1v) is 12.1. The van der Waals surface area contributed by atoms with Crippen molar-refractivity contribution >= 4 is 78.5 Å². The Balaban J connectivity index is -0.000000277. The van der Waals surface area contributed by atoms with E-state index in [4.69, 9.17) is 5.11 Å². The Labute approximate surface area is 179 Å². The van der Waals surface area contributed by atoms with Gasteiger partial charge in [0.25, 0.3) is 0 Å². The molecule has 0 aromatic rings. The second-order valence-electron chi connectivity index (χ2n) is 5.04. The number of carbonyl (C=O) groups is 1. The molecule has 0 aliphatic rings. The van der Waals surface area contributed by atoms with Crippen molar-refractivity contribution in [3.8, 4) is 0 Å². The molecule has 0 spiro atoms. The zero-order chi connectivity index (χ0) is 14.9. The summed E-state index contributed by atoms with van der Waals surface area (Å²) in [5, 5.41) is 8.60. The third kappa shape index (κ3) is 22.2. The van der Waals surface area contributed by atoms with Crippen LogP contribution in [0.1, 0.15) is 79.1 Å². The first kappa shape index (κ1) is 26.8. The maximum atomic E-state index is 10.4. The van der Waals surface area contributed by atoms with Gasteiger partial charge in [-0.25, -0.2) is 0 Å². The van der Waals surface area contributed by atoms with Crippen LogP contribution < -0.4 is 0 Å². The van der Waals surface area contributed by atoms with E-state index in [1.54, 1.807) is 8.87 Å². The van der Waals surface area contributed by atoms with Crippen molar-refractivity contribution in [1.29, 1.82) is 0 Å². The molecule has 0 fully saturated rings. The molecule has 0 bridgehead atoms. The van der Waals surface area contributed by atoms with Gasteiger partial charge in [-0.15, -0.1) is 0 Å². The molecular formula is C16H35KO2Sn. The van der Waals surface area contributed by atoms with Gasteiger partial charge in [0.05, 0.1) is 5.92 Å². The molecule has 0 amide bonds. The van der Waals surface area contributed by atoms with Gasteiger partial charge in [-0.2, -0.15) is 0 Å². The van der Waals surface area contributed by atoms with Crippen molar-refractivity contribution in [1.82, 2.24) is 0 Å². The predicted molar refractivity (Wildman–Crippen MR) is 93.3 cm³/mol. The van der Waals surface area contributed by atoms with Gasteiger partial charge in [0.15, 0.2) is 0 Å². The normalized spacial score (nSPS) is 11.0. The van der Waals surface area contributed by atoms with Gasteiger partial charge in [0.1, 0.15) is 0 Å². The summed E-state index contributed by atoms with van der Waals surface area (Å²) in [4.78, 5) is 10.4. The van der Waals surface area contributed by atoms with E-state index in [1.807, 2.05) is 6.92 Å². The van der Waals surface area contributed by atoms with Crippen LogP contribution in [-0.4, -0.2) is 83.6 Å². The standard InChI is InChI=1S/C8H16O2.2C4H9.K.Sn.H/c1-3-5-6-7(4-2)8(9)10;2*1-3-4-2;;;/h7H,3-6H2,1-2H3,(H,9,10);2*1,3-4H2,2H3;;;. The zero-order valence-electron chi connectivity index (χ0n) is 13.5. The Hall–Kier alpha value is 1.91. The molecule has 4 heteroatoms. The number of hydrogen-bond donors (Lipinski definition) is 1. The van der Waals surface area contributed by atoms with Gasteiger partial charge in [0, 0.05) is 0 Å². The Morgan fingerprint density at radius 1 is 0.950 bits per heavy atom. The van der Waals surface area contributed by atoms with Crippen LogP contribution in [0.3, 0.4) is 0 Å². The monoisotopic (exact) mass is 418 g/mol. The van der Waals surface area contributed by atoms with Gasteiger partial charge < -0.3 is 5.11 Å². The van der Waals surface area contributed by atoms with Gasteiger partial charge in [-0.05, 0) is 12.8 Å². The summed E-state index contributed by atoms with van der Waals surface area (Å²) >= 11 is 0.149. The summed E-state index contributed by atoms with van der Waals surface area (Å²) in [5.74, 6) is -0.754. The van der Waals surface area contributed by atoms with E-state index in [0.29, 0.717) is 0 Å². The molecule has 20 heavy (non-hydrogen) atoms. The van der Waals surface area contributed by atoms with Crippen molar-refractivity contribution in [3.63, 3.8) is 0 Å². The molecule has 0 aliphatic carbocycles. The van der Waals surface area contributed by atoms with Crippen LogP contribution in [0.25, 0.3) is 0 Å². The summed E-state index contributed by atoms with van der Waals surface area (Å²) in [5.41, 5.74) is 0. The molecule has 0 saturated heterocycles. The zero-order valence-corrected chi connectivity index (χ0v) is 16.4. The minimum atomic E-state index is -0.643. The average molecular weight is 417 g/mol. The number of carboxylic acid groups (broad SMARTS) is 1. The fourth-order valence-electron chi connectivity index (χ4n) is 1.68. The molecule has 1 atom stereocenters. The second-order valence-corrected chi connectivity index (χ2v) is 9.32. The summed E-state index contributed by atoms with van der Waals surface area (Å²) in [6, 6.07) is 0. The topological polar surface area (TPSA) is 37.3 Å². The van der Waals surface area contributed by atoms with E-state index in [1.165, 1.54) is 25.7 Å². The van der Waals surface area contributed by atoms with Crippen LogP contribution in [0, 0.1) is 5.92 Å². The number of hydrogen-bond acceptors (Lipinski definition) is 1. The Bertz CT molecular complexity index is 183. The molecular weight excluding hydrogens is 382 g/mol. The predicted octanol–water partition coefficient (Wildman–Crippen LogP) is 4.77. The molecule has 0 aliphatic heterocycles. The third-order valence-corrected chi connectivity index (χ3v) is 7.20. The molecule has 116 valence electrons.